The van der Waals surface area contributed by atoms with Gasteiger partial charge in [-0.25, -0.2) is 8.42 Å². The first kappa shape index (κ1) is 19.1. The molecule has 1 saturated heterocycles. The number of anilines is 1. The molecule has 1 aliphatic heterocycles. The molecule has 6 nitrogen and oxygen atoms in total. The van der Waals surface area contributed by atoms with Gasteiger partial charge < -0.3 is 9.73 Å². The number of rotatable bonds is 6. The van der Waals surface area contributed by atoms with Crippen molar-refractivity contribution in [2.24, 2.45) is 0 Å². The zero-order chi connectivity index (χ0) is 18.7. The molecule has 1 aromatic carbocycles. The maximum Gasteiger partial charge on any atom is 0.238 e. The number of benzene rings is 1. The van der Waals surface area contributed by atoms with Gasteiger partial charge in [0.25, 0.3) is 0 Å². The van der Waals surface area contributed by atoms with Crippen LogP contribution in [-0.4, -0.2) is 43.3 Å². The molecule has 1 aromatic heterocycles. The number of aryl methyl sites for hydroxylation is 1. The van der Waals surface area contributed by atoms with E-state index in [9.17, 15) is 13.2 Å². The third-order valence-corrected chi connectivity index (χ3v) is 7.09. The molecule has 140 valence electrons. The summed E-state index contributed by atoms with van der Waals surface area (Å²) >= 11 is 3.44. The topological polar surface area (TPSA) is 79.6 Å². The minimum absolute atomic E-state index is 0.0817. The lowest BCUT2D eigenvalue weighted by Crippen LogP contribution is -2.41. The van der Waals surface area contributed by atoms with E-state index in [-0.39, 0.29) is 30.0 Å². The second kappa shape index (κ2) is 7.94. The maximum absolute atomic E-state index is 12.5. The molecule has 26 heavy (non-hydrogen) atoms. The zero-order valence-electron chi connectivity index (χ0n) is 14.4. The average Bonchev–Trinajstić information content (AvgIpc) is 3.19. The predicted molar refractivity (Wildman–Crippen MR) is 104 cm³/mol. The van der Waals surface area contributed by atoms with Crippen molar-refractivity contribution < 1.29 is 17.6 Å². The van der Waals surface area contributed by atoms with Crippen molar-refractivity contribution in [1.82, 2.24) is 4.90 Å². The molecule has 2 aromatic rings. The molecule has 1 fully saturated rings. The average molecular weight is 441 g/mol. The fraction of sp³-hybridized carbons (Fsp3) is 0.389. The largest absolute Gasteiger partial charge is 0.468 e. The van der Waals surface area contributed by atoms with Gasteiger partial charge in [-0.1, -0.05) is 15.9 Å². The van der Waals surface area contributed by atoms with Gasteiger partial charge in [-0.15, -0.1) is 0 Å². The van der Waals surface area contributed by atoms with E-state index in [2.05, 4.69) is 21.2 Å². The number of nitrogens with one attached hydrogen (secondary N) is 1. The first-order valence-electron chi connectivity index (χ1n) is 8.35. The molecule has 0 spiro atoms. The Morgan fingerprint density at radius 2 is 2.19 bits per heavy atom. The number of halogens is 1. The molecule has 1 atom stereocenters. The van der Waals surface area contributed by atoms with Crippen LogP contribution in [0.1, 0.15) is 17.7 Å². The maximum atomic E-state index is 12.5. The molecule has 2 heterocycles. The molecule has 8 heteroatoms. The summed E-state index contributed by atoms with van der Waals surface area (Å²) in [5.41, 5.74) is 1.74. The van der Waals surface area contributed by atoms with Gasteiger partial charge in [0.15, 0.2) is 9.84 Å². The van der Waals surface area contributed by atoms with E-state index in [1.54, 1.807) is 12.3 Å². The SMILES string of the molecule is Cc1cc(NC(=O)CN(Cc2ccco2)[C@H]2CCS(=O)(=O)C2)ccc1Br. The van der Waals surface area contributed by atoms with Crippen LogP contribution in [-0.2, 0) is 21.2 Å². The number of sulfone groups is 1. The number of amides is 1. The minimum Gasteiger partial charge on any atom is -0.468 e. The minimum atomic E-state index is -3.03. The molecule has 0 radical (unpaired) electrons. The van der Waals surface area contributed by atoms with Crippen LogP contribution in [0.25, 0.3) is 0 Å². The number of carbonyl (C=O) groups excluding carboxylic acids is 1. The normalized spacial score (nSPS) is 19.0. The second-order valence-electron chi connectivity index (χ2n) is 6.55. The van der Waals surface area contributed by atoms with E-state index in [4.69, 9.17) is 4.42 Å². The Labute approximate surface area is 161 Å². The van der Waals surface area contributed by atoms with Gasteiger partial charge >= 0.3 is 0 Å². The number of hydrogen-bond donors (Lipinski definition) is 1. The Bertz CT molecular complexity index is 881. The number of nitrogens with zero attached hydrogens (tertiary/aromatic N) is 1. The summed E-state index contributed by atoms with van der Waals surface area (Å²) in [7, 11) is -3.03. The first-order valence-corrected chi connectivity index (χ1v) is 11.0. The summed E-state index contributed by atoms with van der Waals surface area (Å²) < 4.78 is 30.0. The van der Waals surface area contributed by atoms with Crippen LogP contribution in [0.2, 0.25) is 0 Å². The predicted octanol–water partition coefficient (Wildman–Crippen LogP) is 2.98. The van der Waals surface area contributed by atoms with Crippen molar-refractivity contribution in [3.8, 4) is 0 Å². The molecule has 0 saturated carbocycles. The van der Waals surface area contributed by atoms with Crippen molar-refractivity contribution in [3.05, 3.63) is 52.4 Å². The van der Waals surface area contributed by atoms with Gasteiger partial charge in [-0.2, -0.15) is 0 Å². The lowest BCUT2D eigenvalue weighted by atomic mass is 10.2. The quantitative estimate of drug-likeness (QED) is 0.746. The van der Waals surface area contributed by atoms with Gasteiger partial charge in [0.1, 0.15) is 5.76 Å². The molecular formula is C18H21BrN2O4S. The van der Waals surface area contributed by atoms with Crippen LogP contribution in [0.15, 0.2) is 45.5 Å². The molecule has 1 amide bonds. The van der Waals surface area contributed by atoms with Gasteiger partial charge in [0.2, 0.25) is 5.91 Å². The molecule has 1 N–H and O–H groups in total. The van der Waals surface area contributed by atoms with E-state index < -0.39 is 9.84 Å². The van der Waals surface area contributed by atoms with E-state index in [1.165, 1.54) is 0 Å². The lowest BCUT2D eigenvalue weighted by molar-refractivity contribution is -0.118. The molecule has 0 unspecified atom stereocenters. The fourth-order valence-corrected chi connectivity index (χ4v) is 5.10. The second-order valence-corrected chi connectivity index (χ2v) is 9.64. The fourth-order valence-electron chi connectivity index (χ4n) is 3.09. The third kappa shape index (κ3) is 4.96. The Hall–Kier alpha value is -1.64. The van der Waals surface area contributed by atoms with E-state index in [0.717, 1.165) is 10.0 Å². The number of furan rings is 1. The van der Waals surface area contributed by atoms with Crippen LogP contribution in [0, 0.1) is 6.92 Å². The van der Waals surface area contributed by atoms with Gasteiger partial charge in [0, 0.05) is 16.2 Å². The Balaban J connectivity index is 1.69. The Morgan fingerprint density at radius 3 is 2.81 bits per heavy atom. The standard InChI is InChI=1S/C18H21BrN2O4S/c1-13-9-14(4-5-17(13)19)20-18(22)11-21(10-16-3-2-7-25-16)15-6-8-26(23,24)12-15/h2-5,7,9,15H,6,8,10-12H2,1H3,(H,20,22)/t15-/m0/s1. The smallest absolute Gasteiger partial charge is 0.238 e. The highest BCUT2D eigenvalue weighted by Crippen LogP contribution is 2.22. The highest BCUT2D eigenvalue weighted by Gasteiger charge is 2.33. The van der Waals surface area contributed by atoms with Crippen molar-refractivity contribution in [3.63, 3.8) is 0 Å². The van der Waals surface area contributed by atoms with Crippen LogP contribution in [0.5, 0.6) is 0 Å². The highest BCUT2D eigenvalue weighted by molar-refractivity contribution is 9.10. The van der Waals surface area contributed by atoms with E-state index in [0.29, 0.717) is 24.4 Å². The molecule has 0 bridgehead atoms. The first-order chi connectivity index (χ1) is 12.3. The molecular weight excluding hydrogens is 420 g/mol. The summed E-state index contributed by atoms with van der Waals surface area (Å²) in [6.07, 6.45) is 2.11. The van der Waals surface area contributed by atoms with Crippen molar-refractivity contribution in [1.29, 1.82) is 0 Å². The third-order valence-electron chi connectivity index (χ3n) is 4.45. The number of hydrogen-bond acceptors (Lipinski definition) is 5. The highest BCUT2D eigenvalue weighted by atomic mass is 79.9. The van der Waals surface area contributed by atoms with E-state index in [1.807, 2.05) is 36.1 Å². The molecule has 0 aliphatic carbocycles. The summed E-state index contributed by atoms with van der Waals surface area (Å²) in [4.78, 5) is 14.4. The lowest BCUT2D eigenvalue weighted by Gasteiger charge is -2.26. The van der Waals surface area contributed by atoms with Crippen LogP contribution in [0.4, 0.5) is 5.69 Å². The van der Waals surface area contributed by atoms with Gasteiger partial charge in [0.05, 0.1) is 30.9 Å². The van der Waals surface area contributed by atoms with Crippen molar-refractivity contribution in [2.45, 2.75) is 25.9 Å². The van der Waals surface area contributed by atoms with Crippen LogP contribution >= 0.6 is 15.9 Å². The Morgan fingerprint density at radius 1 is 1.38 bits per heavy atom. The summed E-state index contributed by atoms with van der Waals surface area (Å²) in [6, 6.07) is 9.03. The monoisotopic (exact) mass is 440 g/mol. The Kier molecular flexibility index (Phi) is 5.84. The molecule has 1 aliphatic rings. The van der Waals surface area contributed by atoms with Crippen LogP contribution < -0.4 is 5.32 Å². The van der Waals surface area contributed by atoms with Crippen molar-refractivity contribution in [2.75, 3.05) is 23.4 Å². The van der Waals surface area contributed by atoms with Gasteiger partial charge in [-0.3, -0.25) is 9.69 Å². The summed E-state index contributed by atoms with van der Waals surface area (Å²) in [5.74, 6) is 0.780. The van der Waals surface area contributed by atoms with Crippen LogP contribution in [0.3, 0.4) is 0 Å². The van der Waals surface area contributed by atoms with Gasteiger partial charge in [-0.05, 0) is 49.2 Å². The zero-order valence-corrected chi connectivity index (χ0v) is 16.8. The number of carbonyl (C=O) groups is 1. The van der Waals surface area contributed by atoms with E-state index >= 15 is 0 Å². The van der Waals surface area contributed by atoms with Crippen molar-refractivity contribution >= 4 is 37.4 Å². The summed E-state index contributed by atoms with van der Waals surface area (Å²) in [6.45, 7) is 2.46. The molecule has 3 rings (SSSR count). The summed E-state index contributed by atoms with van der Waals surface area (Å²) in [5, 5.41) is 2.88.